The van der Waals surface area contributed by atoms with Gasteiger partial charge in [0.1, 0.15) is 0 Å². The van der Waals surface area contributed by atoms with Crippen molar-refractivity contribution in [3.05, 3.63) is 0 Å². The van der Waals surface area contributed by atoms with Crippen LogP contribution in [0.15, 0.2) is 0 Å². The summed E-state index contributed by atoms with van der Waals surface area (Å²) in [4.78, 5) is 0. The van der Waals surface area contributed by atoms with Crippen molar-refractivity contribution in [2.45, 2.75) is 25.3 Å². The fourth-order valence-electron chi connectivity index (χ4n) is 3.39. The third-order valence-electron chi connectivity index (χ3n) is 4.22. The van der Waals surface area contributed by atoms with E-state index in [0.29, 0.717) is 11.5 Å². The second-order valence-electron chi connectivity index (χ2n) is 4.97. The van der Waals surface area contributed by atoms with E-state index in [1.807, 2.05) is 0 Å². The molecule has 2 unspecified atom stereocenters. The minimum Gasteiger partial charge on any atom is -0.381 e. The van der Waals surface area contributed by atoms with Crippen molar-refractivity contribution in [2.24, 2.45) is 11.3 Å². The summed E-state index contributed by atoms with van der Waals surface area (Å²) in [5.41, 5.74) is 0.400. The van der Waals surface area contributed by atoms with Gasteiger partial charge in [-0.2, -0.15) is 0 Å². The van der Waals surface area contributed by atoms with Crippen molar-refractivity contribution in [1.82, 2.24) is 5.32 Å². The largest absolute Gasteiger partial charge is 0.381 e. The molecule has 0 radical (unpaired) electrons. The van der Waals surface area contributed by atoms with Gasteiger partial charge in [0.2, 0.25) is 0 Å². The summed E-state index contributed by atoms with van der Waals surface area (Å²) in [6.07, 6.45) is 3.66. The van der Waals surface area contributed by atoms with E-state index in [1.165, 1.54) is 25.8 Å². The van der Waals surface area contributed by atoms with Crippen molar-refractivity contribution in [3.63, 3.8) is 0 Å². The number of ether oxygens (including phenoxy) is 2. The third kappa shape index (κ3) is 1.30. The van der Waals surface area contributed by atoms with E-state index in [1.54, 1.807) is 0 Å². The van der Waals surface area contributed by atoms with Gasteiger partial charge < -0.3 is 14.8 Å². The second kappa shape index (κ2) is 3.47. The SMILES string of the molecule is C1CC2COCC3(CCOCC3)C2N1. The Kier molecular flexibility index (Phi) is 2.26. The average Bonchev–Trinajstić information content (AvgIpc) is 2.69. The maximum Gasteiger partial charge on any atom is 0.0539 e. The van der Waals surface area contributed by atoms with Crippen LogP contribution >= 0.6 is 0 Å². The van der Waals surface area contributed by atoms with Gasteiger partial charge in [0, 0.05) is 24.7 Å². The molecule has 14 heavy (non-hydrogen) atoms. The molecule has 0 aromatic rings. The maximum absolute atomic E-state index is 5.78. The molecule has 3 heteroatoms. The van der Waals surface area contributed by atoms with E-state index < -0.39 is 0 Å². The van der Waals surface area contributed by atoms with E-state index in [-0.39, 0.29) is 0 Å². The molecule has 0 aromatic carbocycles. The van der Waals surface area contributed by atoms with Crippen molar-refractivity contribution in [2.75, 3.05) is 33.0 Å². The molecule has 3 fully saturated rings. The van der Waals surface area contributed by atoms with E-state index >= 15 is 0 Å². The number of nitrogens with one attached hydrogen (secondary N) is 1. The normalized spacial score (nSPS) is 41.1. The lowest BCUT2D eigenvalue weighted by Gasteiger charge is -2.47. The highest BCUT2D eigenvalue weighted by atomic mass is 16.5. The van der Waals surface area contributed by atoms with Gasteiger partial charge >= 0.3 is 0 Å². The summed E-state index contributed by atoms with van der Waals surface area (Å²) in [7, 11) is 0. The first kappa shape index (κ1) is 9.13. The quantitative estimate of drug-likeness (QED) is 0.623. The smallest absolute Gasteiger partial charge is 0.0539 e. The van der Waals surface area contributed by atoms with Crippen LogP contribution in [-0.4, -0.2) is 39.0 Å². The Morgan fingerprint density at radius 1 is 1.14 bits per heavy atom. The Morgan fingerprint density at radius 3 is 2.86 bits per heavy atom. The minimum absolute atomic E-state index is 0.400. The van der Waals surface area contributed by atoms with Gasteiger partial charge in [-0.15, -0.1) is 0 Å². The van der Waals surface area contributed by atoms with Gasteiger partial charge in [0.25, 0.3) is 0 Å². The van der Waals surface area contributed by atoms with Crippen LogP contribution in [0.3, 0.4) is 0 Å². The first-order valence-corrected chi connectivity index (χ1v) is 5.80. The molecule has 0 aliphatic carbocycles. The molecule has 3 nitrogen and oxygen atoms in total. The van der Waals surface area contributed by atoms with E-state index in [9.17, 15) is 0 Å². The predicted molar refractivity (Wildman–Crippen MR) is 53.2 cm³/mol. The maximum atomic E-state index is 5.78. The fraction of sp³-hybridized carbons (Fsp3) is 1.00. The summed E-state index contributed by atoms with van der Waals surface area (Å²) in [6, 6.07) is 0.708. The molecule has 3 heterocycles. The molecule has 1 spiro atoms. The summed E-state index contributed by atoms with van der Waals surface area (Å²) in [5, 5.41) is 3.68. The van der Waals surface area contributed by atoms with Gasteiger partial charge in [-0.05, 0) is 31.7 Å². The van der Waals surface area contributed by atoms with Crippen LogP contribution in [0.5, 0.6) is 0 Å². The summed E-state index contributed by atoms with van der Waals surface area (Å²) < 4.78 is 11.2. The molecule has 3 rings (SSSR count). The summed E-state index contributed by atoms with van der Waals surface area (Å²) in [5.74, 6) is 0.766. The van der Waals surface area contributed by atoms with E-state index in [4.69, 9.17) is 9.47 Å². The van der Waals surface area contributed by atoms with Crippen molar-refractivity contribution in [1.29, 1.82) is 0 Å². The van der Waals surface area contributed by atoms with Gasteiger partial charge in [-0.25, -0.2) is 0 Å². The summed E-state index contributed by atoms with van der Waals surface area (Å²) in [6.45, 7) is 4.95. The van der Waals surface area contributed by atoms with Crippen LogP contribution < -0.4 is 5.32 Å². The first-order valence-electron chi connectivity index (χ1n) is 5.80. The molecule has 3 saturated heterocycles. The standard InChI is InChI=1S/C11H19NO2/c1-4-12-10-9(1)7-14-8-11(10)2-5-13-6-3-11/h9-10,12H,1-8H2. The molecular weight excluding hydrogens is 178 g/mol. The number of hydrogen-bond donors (Lipinski definition) is 1. The van der Waals surface area contributed by atoms with Crippen LogP contribution in [0, 0.1) is 11.3 Å². The molecule has 1 N–H and O–H groups in total. The molecule has 0 bridgehead atoms. The zero-order valence-corrected chi connectivity index (χ0v) is 8.63. The first-order chi connectivity index (χ1) is 6.91. The zero-order valence-electron chi connectivity index (χ0n) is 8.63. The van der Waals surface area contributed by atoms with Crippen LogP contribution in [0.2, 0.25) is 0 Å². The lowest BCUT2D eigenvalue weighted by Crippen LogP contribution is -2.54. The zero-order chi connectivity index (χ0) is 9.43. The Balaban J connectivity index is 1.81. The Morgan fingerprint density at radius 2 is 2.00 bits per heavy atom. The van der Waals surface area contributed by atoms with Crippen molar-refractivity contribution >= 4 is 0 Å². The molecule has 80 valence electrons. The number of hydrogen-bond acceptors (Lipinski definition) is 3. The molecule has 3 aliphatic heterocycles. The molecule has 0 amide bonds. The predicted octanol–water partition coefficient (Wildman–Crippen LogP) is 0.791. The topological polar surface area (TPSA) is 30.5 Å². The fourth-order valence-corrected chi connectivity index (χ4v) is 3.39. The van der Waals surface area contributed by atoms with E-state index in [2.05, 4.69) is 5.32 Å². The second-order valence-corrected chi connectivity index (χ2v) is 4.97. The van der Waals surface area contributed by atoms with Crippen molar-refractivity contribution < 1.29 is 9.47 Å². The Hall–Kier alpha value is -0.120. The minimum atomic E-state index is 0.400. The monoisotopic (exact) mass is 197 g/mol. The number of rotatable bonds is 0. The van der Waals surface area contributed by atoms with Gasteiger partial charge in [0.15, 0.2) is 0 Å². The Bertz CT molecular complexity index is 208. The van der Waals surface area contributed by atoms with Crippen molar-refractivity contribution in [3.8, 4) is 0 Å². The van der Waals surface area contributed by atoms with E-state index in [0.717, 1.165) is 32.3 Å². The lowest BCUT2D eigenvalue weighted by molar-refractivity contribution is -0.105. The van der Waals surface area contributed by atoms with Gasteiger partial charge in [0.05, 0.1) is 13.2 Å². The third-order valence-corrected chi connectivity index (χ3v) is 4.22. The summed E-state index contributed by atoms with van der Waals surface area (Å²) >= 11 is 0. The van der Waals surface area contributed by atoms with Crippen LogP contribution in [0.4, 0.5) is 0 Å². The number of fused-ring (bicyclic) bond motifs is 2. The highest BCUT2D eigenvalue weighted by molar-refractivity contribution is 5.01. The molecular formula is C11H19NO2. The molecule has 2 atom stereocenters. The average molecular weight is 197 g/mol. The van der Waals surface area contributed by atoms with Gasteiger partial charge in [-0.1, -0.05) is 0 Å². The van der Waals surface area contributed by atoms with Crippen LogP contribution in [-0.2, 0) is 9.47 Å². The molecule has 0 aromatic heterocycles. The lowest BCUT2D eigenvalue weighted by atomic mass is 9.69. The highest BCUT2D eigenvalue weighted by Crippen LogP contribution is 2.43. The van der Waals surface area contributed by atoms with Gasteiger partial charge in [-0.3, -0.25) is 0 Å². The molecule has 3 aliphatic rings. The molecule has 0 saturated carbocycles. The van der Waals surface area contributed by atoms with Crippen LogP contribution in [0.1, 0.15) is 19.3 Å². The highest BCUT2D eigenvalue weighted by Gasteiger charge is 2.48. The van der Waals surface area contributed by atoms with Crippen LogP contribution in [0.25, 0.3) is 0 Å². The Labute approximate surface area is 85.1 Å².